The highest BCUT2D eigenvalue weighted by Gasteiger charge is 1.75. The summed E-state index contributed by atoms with van der Waals surface area (Å²) in [6, 6.07) is 17.4. The van der Waals surface area contributed by atoms with Crippen molar-refractivity contribution in [1.82, 2.24) is 0 Å². The summed E-state index contributed by atoms with van der Waals surface area (Å²) in [5, 5.41) is 17.3. The van der Waals surface area contributed by atoms with E-state index < -0.39 is 0 Å². The van der Waals surface area contributed by atoms with Crippen molar-refractivity contribution in [3.05, 3.63) is 86.0 Å². The maximum absolute atomic E-state index is 8.63. The lowest BCUT2D eigenvalue weighted by Gasteiger charge is -1.82. The molecular weight excluding hydrogens is 224 g/mol. The summed E-state index contributed by atoms with van der Waals surface area (Å²) in [5.41, 5.74) is 0. The van der Waals surface area contributed by atoms with Gasteiger partial charge in [0.1, 0.15) is 11.5 Å². The molecule has 2 rings (SSSR count). The van der Waals surface area contributed by atoms with Crippen LogP contribution in [0.15, 0.2) is 86.0 Å². The summed E-state index contributed by atoms with van der Waals surface area (Å²) in [5.74, 6) is 0.644. The van der Waals surface area contributed by atoms with Crippen LogP contribution in [0.5, 0.6) is 11.5 Å². The Kier molecular flexibility index (Phi) is 9.50. The molecule has 0 unspecified atom stereocenters. The smallest absolute Gasteiger partial charge is 0.115 e. The van der Waals surface area contributed by atoms with Crippen molar-refractivity contribution in [3.8, 4) is 11.5 Å². The molecule has 18 heavy (non-hydrogen) atoms. The molecule has 0 aliphatic carbocycles. The predicted octanol–water partition coefficient (Wildman–Crippen LogP) is 4.14. The average Bonchev–Trinajstić information content (AvgIpc) is 2.41. The summed E-state index contributed by atoms with van der Waals surface area (Å²) in [4.78, 5) is 0. The van der Waals surface area contributed by atoms with E-state index in [-0.39, 0.29) is 0 Å². The maximum Gasteiger partial charge on any atom is 0.115 e. The van der Waals surface area contributed by atoms with E-state index in [2.05, 4.69) is 13.2 Å². The number of hydrogen-bond donors (Lipinski definition) is 2. The third-order valence-electron chi connectivity index (χ3n) is 1.68. The van der Waals surface area contributed by atoms with Gasteiger partial charge in [-0.3, -0.25) is 0 Å². The van der Waals surface area contributed by atoms with Gasteiger partial charge >= 0.3 is 0 Å². The van der Waals surface area contributed by atoms with E-state index in [1.54, 1.807) is 60.7 Å². The van der Waals surface area contributed by atoms with E-state index in [0.29, 0.717) is 11.5 Å². The Morgan fingerprint density at radius 1 is 0.611 bits per heavy atom. The maximum atomic E-state index is 8.63. The van der Waals surface area contributed by atoms with Crippen LogP contribution >= 0.6 is 0 Å². The van der Waals surface area contributed by atoms with E-state index >= 15 is 0 Å². The van der Waals surface area contributed by atoms with Crippen molar-refractivity contribution in [2.75, 3.05) is 0 Å². The Labute approximate surface area is 108 Å². The lowest BCUT2D eigenvalue weighted by atomic mass is 10.3. The molecule has 2 aromatic carbocycles. The van der Waals surface area contributed by atoms with Gasteiger partial charge < -0.3 is 10.2 Å². The highest BCUT2D eigenvalue weighted by molar-refractivity contribution is 5.19. The molecule has 0 spiro atoms. The van der Waals surface area contributed by atoms with Gasteiger partial charge in [-0.05, 0) is 24.3 Å². The van der Waals surface area contributed by atoms with Gasteiger partial charge in [-0.25, -0.2) is 0 Å². The van der Waals surface area contributed by atoms with Crippen LogP contribution in [0.25, 0.3) is 0 Å². The van der Waals surface area contributed by atoms with E-state index in [0.717, 1.165) is 0 Å². The number of hydrogen-bond acceptors (Lipinski definition) is 2. The zero-order chi connectivity index (χ0) is 13.6. The fourth-order valence-corrected chi connectivity index (χ4v) is 0.856. The molecule has 0 aliphatic heterocycles. The van der Waals surface area contributed by atoms with E-state index in [9.17, 15) is 0 Å². The highest BCUT2D eigenvalue weighted by atomic mass is 16.3. The molecule has 2 N–H and O–H groups in total. The number of allylic oxidation sites excluding steroid dienone is 2. The molecule has 2 aromatic rings. The normalized spacial score (nSPS) is 7.78. The van der Waals surface area contributed by atoms with Gasteiger partial charge in [0.15, 0.2) is 0 Å². The molecule has 0 saturated carbocycles. The standard InChI is InChI=1S/2C6H6O.C4H6/c2*7-6-4-2-1-3-5-6;1-3-4-2/h2*1-5,7H;3-4H,1-2H2. The first kappa shape index (κ1) is 15.5. The van der Waals surface area contributed by atoms with Crippen molar-refractivity contribution >= 4 is 0 Å². The van der Waals surface area contributed by atoms with Crippen LogP contribution in [0.1, 0.15) is 0 Å². The minimum Gasteiger partial charge on any atom is -0.508 e. The topological polar surface area (TPSA) is 40.5 Å². The molecule has 0 aliphatic rings. The fourth-order valence-electron chi connectivity index (χ4n) is 0.856. The average molecular weight is 242 g/mol. The van der Waals surface area contributed by atoms with Crippen molar-refractivity contribution in [2.24, 2.45) is 0 Å². The zero-order valence-electron chi connectivity index (χ0n) is 10.2. The summed E-state index contributed by atoms with van der Waals surface area (Å²) in [6.07, 6.45) is 3.28. The van der Waals surface area contributed by atoms with Crippen LogP contribution in [-0.2, 0) is 0 Å². The molecule has 0 heterocycles. The first-order valence-electron chi connectivity index (χ1n) is 5.42. The minimum atomic E-state index is 0.322. The first-order chi connectivity index (χ1) is 8.70. The molecule has 94 valence electrons. The quantitative estimate of drug-likeness (QED) is 0.738. The SMILES string of the molecule is C=CC=C.Oc1ccccc1.Oc1ccccc1. The van der Waals surface area contributed by atoms with Crippen molar-refractivity contribution in [3.63, 3.8) is 0 Å². The predicted molar refractivity (Wildman–Crippen MR) is 76.6 cm³/mol. The van der Waals surface area contributed by atoms with Crippen LogP contribution in [0, 0.1) is 0 Å². The summed E-state index contributed by atoms with van der Waals surface area (Å²) < 4.78 is 0. The Morgan fingerprint density at radius 2 is 0.889 bits per heavy atom. The summed E-state index contributed by atoms with van der Waals surface area (Å²) in [7, 11) is 0. The number of aromatic hydroxyl groups is 2. The number of benzene rings is 2. The molecule has 0 atom stereocenters. The third kappa shape index (κ3) is 10.1. The van der Waals surface area contributed by atoms with Crippen LogP contribution in [0.3, 0.4) is 0 Å². The molecule has 0 saturated heterocycles. The van der Waals surface area contributed by atoms with Gasteiger partial charge in [0, 0.05) is 0 Å². The first-order valence-corrected chi connectivity index (χ1v) is 5.42. The second-order valence-corrected chi connectivity index (χ2v) is 3.14. The largest absolute Gasteiger partial charge is 0.508 e. The van der Waals surface area contributed by atoms with Gasteiger partial charge in [-0.2, -0.15) is 0 Å². The van der Waals surface area contributed by atoms with Gasteiger partial charge in [-0.15, -0.1) is 0 Å². The molecule has 0 radical (unpaired) electrons. The van der Waals surface area contributed by atoms with E-state index in [1.807, 2.05) is 12.1 Å². The number of phenols is 2. The zero-order valence-corrected chi connectivity index (χ0v) is 10.2. The minimum absolute atomic E-state index is 0.322. The number of rotatable bonds is 1. The van der Waals surface area contributed by atoms with Crippen LogP contribution in [-0.4, -0.2) is 10.2 Å². The lowest BCUT2D eigenvalue weighted by Crippen LogP contribution is -1.56. The number of phenolic OH excluding ortho intramolecular Hbond substituents is 2. The Balaban J connectivity index is 0.000000253. The fraction of sp³-hybridized carbons (Fsp3) is 0. The second kappa shape index (κ2) is 11.0. The Bertz CT molecular complexity index is 378. The van der Waals surface area contributed by atoms with Gasteiger partial charge in [0.05, 0.1) is 0 Å². The third-order valence-corrected chi connectivity index (χ3v) is 1.68. The van der Waals surface area contributed by atoms with E-state index in [1.165, 1.54) is 0 Å². The molecule has 0 amide bonds. The number of para-hydroxylation sites is 2. The Hall–Kier alpha value is -2.48. The highest BCUT2D eigenvalue weighted by Crippen LogP contribution is 2.03. The van der Waals surface area contributed by atoms with Gasteiger partial charge in [0.2, 0.25) is 0 Å². The van der Waals surface area contributed by atoms with Crippen molar-refractivity contribution < 1.29 is 10.2 Å². The van der Waals surface area contributed by atoms with E-state index in [4.69, 9.17) is 10.2 Å². The van der Waals surface area contributed by atoms with Crippen LogP contribution in [0.2, 0.25) is 0 Å². The van der Waals surface area contributed by atoms with Gasteiger partial charge in [-0.1, -0.05) is 61.7 Å². The second-order valence-electron chi connectivity index (χ2n) is 3.14. The molecular formula is C16H18O2. The molecule has 0 aromatic heterocycles. The monoisotopic (exact) mass is 242 g/mol. The van der Waals surface area contributed by atoms with Crippen molar-refractivity contribution in [2.45, 2.75) is 0 Å². The summed E-state index contributed by atoms with van der Waals surface area (Å²) in [6.45, 7) is 6.72. The molecule has 0 bridgehead atoms. The summed E-state index contributed by atoms with van der Waals surface area (Å²) >= 11 is 0. The molecule has 2 heteroatoms. The Morgan fingerprint density at radius 3 is 1.00 bits per heavy atom. The van der Waals surface area contributed by atoms with Crippen LogP contribution < -0.4 is 0 Å². The lowest BCUT2D eigenvalue weighted by molar-refractivity contribution is 0.475. The molecule has 2 nitrogen and oxygen atoms in total. The van der Waals surface area contributed by atoms with Crippen molar-refractivity contribution in [1.29, 1.82) is 0 Å². The van der Waals surface area contributed by atoms with Gasteiger partial charge in [0.25, 0.3) is 0 Å². The van der Waals surface area contributed by atoms with Crippen LogP contribution in [0.4, 0.5) is 0 Å². The molecule has 0 fully saturated rings.